The average Bonchev–Trinajstić information content (AvgIpc) is 2.32. The number of carbonyl (C=O) groups excluding carboxylic acids is 1. The van der Waals surface area contributed by atoms with Crippen LogP contribution in [0.4, 0.5) is 4.79 Å². The highest BCUT2D eigenvalue weighted by molar-refractivity contribution is 5.82. The lowest BCUT2D eigenvalue weighted by Crippen LogP contribution is -2.55. The van der Waals surface area contributed by atoms with Crippen molar-refractivity contribution in [1.82, 2.24) is 10.2 Å². The number of nitrogens with one attached hydrogen (secondary N) is 1. The predicted molar refractivity (Wildman–Crippen MR) is 73.9 cm³/mol. The van der Waals surface area contributed by atoms with Crippen LogP contribution in [-0.4, -0.2) is 40.6 Å². The van der Waals surface area contributed by atoms with Crippen LogP contribution in [0.3, 0.4) is 0 Å². The van der Waals surface area contributed by atoms with Gasteiger partial charge in [-0.3, -0.25) is 0 Å². The number of carboxylic acid groups (broad SMARTS) is 1. The second-order valence-electron chi connectivity index (χ2n) is 5.58. The summed E-state index contributed by atoms with van der Waals surface area (Å²) in [7, 11) is 0. The van der Waals surface area contributed by atoms with Crippen LogP contribution in [0.5, 0.6) is 0 Å². The Morgan fingerprint density at radius 1 is 1.47 bits per heavy atom. The lowest BCUT2D eigenvalue weighted by molar-refractivity contribution is -0.139. The molecule has 0 spiro atoms. The van der Waals surface area contributed by atoms with Crippen LogP contribution in [-0.2, 0) is 4.79 Å². The summed E-state index contributed by atoms with van der Waals surface area (Å²) in [4.78, 5) is 25.0. The maximum absolute atomic E-state index is 12.2. The number of hydrogen-bond acceptors (Lipinski definition) is 2. The van der Waals surface area contributed by atoms with Crippen LogP contribution in [0.2, 0.25) is 0 Å². The summed E-state index contributed by atoms with van der Waals surface area (Å²) in [6.07, 6.45) is 2.83. The number of carbonyl (C=O) groups is 2. The Kier molecular flexibility index (Phi) is 5.39. The highest BCUT2D eigenvalue weighted by atomic mass is 16.4. The molecule has 1 aliphatic rings. The monoisotopic (exact) mass is 268 g/mol. The molecule has 0 aromatic carbocycles. The van der Waals surface area contributed by atoms with Gasteiger partial charge in [0.05, 0.1) is 0 Å². The van der Waals surface area contributed by atoms with Gasteiger partial charge in [-0.05, 0) is 31.6 Å². The van der Waals surface area contributed by atoms with Crippen molar-refractivity contribution in [2.24, 2.45) is 11.8 Å². The van der Waals surface area contributed by atoms with Crippen LogP contribution in [0.1, 0.15) is 33.6 Å². The van der Waals surface area contributed by atoms with Gasteiger partial charge in [0, 0.05) is 12.6 Å². The van der Waals surface area contributed by atoms with Crippen molar-refractivity contribution in [2.75, 3.05) is 6.54 Å². The number of hydrogen-bond donors (Lipinski definition) is 2. The molecular formula is C14H24N2O3. The van der Waals surface area contributed by atoms with Crippen LogP contribution in [0.15, 0.2) is 12.7 Å². The van der Waals surface area contributed by atoms with Crippen LogP contribution < -0.4 is 5.32 Å². The lowest BCUT2D eigenvalue weighted by Gasteiger charge is -2.41. The minimum absolute atomic E-state index is 0.134. The summed E-state index contributed by atoms with van der Waals surface area (Å²) in [5.74, 6) is -0.157. The molecule has 0 aromatic heterocycles. The molecule has 0 bridgehead atoms. The smallest absolute Gasteiger partial charge is 0.326 e. The van der Waals surface area contributed by atoms with Gasteiger partial charge in [-0.2, -0.15) is 0 Å². The van der Waals surface area contributed by atoms with E-state index in [1.165, 1.54) is 6.08 Å². The van der Waals surface area contributed by atoms with Crippen LogP contribution in [0, 0.1) is 11.8 Å². The Labute approximate surface area is 114 Å². The largest absolute Gasteiger partial charge is 0.480 e. The normalized spacial score (nSPS) is 28.6. The molecule has 108 valence electrons. The Morgan fingerprint density at radius 2 is 2.11 bits per heavy atom. The number of rotatable bonds is 4. The maximum Gasteiger partial charge on any atom is 0.326 e. The number of likely N-dealkylation sites (tertiary alicyclic amines) is 1. The molecule has 1 saturated heterocycles. The van der Waals surface area contributed by atoms with E-state index in [-0.39, 0.29) is 18.5 Å². The number of aliphatic carboxylic acids is 1. The van der Waals surface area contributed by atoms with Gasteiger partial charge >= 0.3 is 12.0 Å². The quantitative estimate of drug-likeness (QED) is 0.767. The van der Waals surface area contributed by atoms with E-state index in [9.17, 15) is 9.59 Å². The Morgan fingerprint density at radius 3 is 2.63 bits per heavy atom. The first-order valence-electron chi connectivity index (χ1n) is 6.77. The molecule has 0 saturated carbocycles. The number of piperidine rings is 1. The van der Waals surface area contributed by atoms with E-state index < -0.39 is 12.0 Å². The summed E-state index contributed by atoms with van der Waals surface area (Å²) in [6, 6.07) is -1.06. The second kappa shape index (κ2) is 6.59. The highest BCUT2D eigenvalue weighted by Gasteiger charge is 2.33. The molecule has 1 heterocycles. The van der Waals surface area contributed by atoms with Crippen molar-refractivity contribution in [3.63, 3.8) is 0 Å². The molecule has 0 radical (unpaired) electrons. The molecule has 19 heavy (non-hydrogen) atoms. The maximum atomic E-state index is 12.2. The van der Waals surface area contributed by atoms with Gasteiger partial charge in [-0.25, -0.2) is 9.59 Å². The standard InChI is InChI=1S/C14H24N2O3/c1-5-6-12(13(17)18)15-14(19)16-8-9(2)7-10(3)11(16)4/h5,9-12H,1,6-8H2,2-4H3,(H,15,19)(H,17,18). The van der Waals surface area contributed by atoms with E-state index >= 15 is 0 Å². The van der Waals surface area contributed by atoms with Crippen molar-refractivity contribution in [3.05, 3.63) is 12.7 Å². The summed E-state index contributed by atoms with van der Waals surface area (Å²) < 4.78 is 0. The van der Waals surface area contributed by atoms with Gasteiger partial charge in [-0.15, -0.1) is 6.58 Å². The zero-order valence-electron chi connectivity index (χ0n) is 11.9. The Balaban J connectivity index is 2.69. The fourth-order valence-corrected chi connectivity index (χ4v) is 2.60. The summed E-state index contributed by atoms with van der Waals surface area (Å²) >= 11 is 0. The van der Waals surface area contributed by atoms with Crippen molar-refractivity contribution in [3.8, 4) is 0 Å². The number of amides is 2. The van der Waals surface area contributed by atoms with Crippen molar-refractivity contribution in [2.45, 2.75) is 45.7 Å². The summed E-state index contributed by atoms with van der Waals surface area (Å²) in [6.45, 7) is 10.4. The molecule has 1 fully saturated rings. The van der Waals surface area contributed by atoms with Crippen molar-refractivity contribution >= 4 is 12.0 Å². The third-order valence-corrected chi connectivity index (χ3v) is 3.86. The predicted octanol–water partition coefficient (Wildman–Crippen LogP) is 2.09. The number of nitrogens with zero attached hydrogens (tertiary/aromatic N) is 1. The molecule has 0 aromatic rings. The Bertz CT molecular complexity index is 357. The third kappa shape index (κ3) is 3.98. The zero-order valence-corrected chi connectivity index (χ0v) is 11.9. The summed E-state index contributed by atoms with van der Waals surface area (Å²) in [5.41, 5.74) is 0. The minimum atomic E-state index is -1.03. The van der Waals surface area contributed by atoms with Gasteiger partial charge in [-0.1, -0.05) is 19.9 Å². The molecular weight excluding hydrogens is 244 g/mol. The van der Waals surface area contributed by atoms with E-state index in [0.717, 1.165) is 6.42 Å². The van der Waals surface area contributed by atoms with Crippen molar-refractivity contribution in [1.29, 1.82) is 0 Å². The topological polar surface area (TPSA) is 69.6 Å². The van der Waals surface area contributed by atoms with Gasteiger partial charge in [0.2, 0.25) is 0 Å². The third-order valence-electron chi connectivity index (χ3n) is 3.86. The molecule has 0 aliphatic carbocycles. The van der Waals surface area contributed by atoms with Gasteiger partial charge in [0.1, 0.15) is 6.04 Å². The molecule has 2 amide bonds. The number of urea groups is 1. The zero-order chi connectivity index (χ0) is 14.6. The van der Waals surface area contributed by atoms with Crippen LogP contribution in [0.25, 0.3) is 0 Å². The first kappa shape index (κ1) is 15.5. The van der Waals surface area contributed by atoms with E-state index in [4.69, 9.17) is 5.11 Å². The van der Waals surface area contributed by atoms with E-state index in [0.29, 0.717) is 18.4 Å². The molecule has 1 rings (SSSR count). The SMILES string of the molecule is C=CCC(NC(=O)N1CC(C)CC(C)C1C)C(=O)O. The Hall–Kier alpha value is -1.52. The second-order valence-corrected chi connectivity index (χ2v) is 5.58. The van der Waals surface area contributed by atoms with E-state index in [1.807, 2.05) is 6.92 Å². The van der Waals surface area contributed by atoms with Gasteiger partial charge in [0.15, 0.2) is 0 Å². The van der Waals surface area contributed by atoms with Crippen molar-refractivity contribution < 1.29 is 14.7 Å². The number of carboxylic acids is 1. The minimum Gasteiger partial charge on any atom is -0.480 e. The molecule has 5 heteroatoms. The molecule has 2 N–H and O–H groups in total. The highest BCUT2D eigenvalue weighted by Crippen LogP contribution is 2.26. The fourth-order valence-electron chi connectivity index (χ4n) is 2.60. The van der Waals surface area contributed by atoms with Gasteiger partial charge < -0.3 is 15.3 Å². The van der Waals surface area contributed by atoms with Gasteiger partial charge in [0.25, 0.3) is 0 Å². The molecule has 5 nitrogen and oxygen atoms in total. The fraction of sp³-hybridized carbons (Fsp3) is 0.714. The van der Waals surface area contributed by atoms with E-state index in [1.54, 1.807) is 4.90 Å². The lowest BCUT2D eigenvalue weighted by atomic mass is 9.86. The summed E-state index contributed by atoms with van der Waals surface area (Å²) in [5, 5.41) is 11.6. The van der Waals surface area contributed by atoms with E-state index in [2.05, 4.69) is 25.7 Å². The molecule has 1 aliphatic heterocycles. The average molecular weight is 268 g/mol. The molecule has 4 unspecified atom stereocenters. The van der Waals surface area contributed by atoms with Crippen LogP contribution >= 0.6 is 0 Å². The molecule has 4 atom stereocenters. The first-order chi connectivity index (χ1) is 8.86. The first-order valence-corrected chi connectivity index (χ1v) is 6.77.